The summed E-state index contributed by atoms with van der Waals surface area (Å²) in [7, 11) is -3.89. The Bertz CT molecular complexity index is 1250. The lowest BCUT2D eigenvalue weighted by Gasteiger charge is -2.22. The fourth-order valence-electron chi connectivity index (χ4n) is 3.62. The van der Waals surface area contributed by atoms with Crippen LogP contribution in [0.15, 0.2) is 83.8 Å². The van der Waals surface area contributed by atoms with Gasteiger partial charge in [-0.15, -0.1) is 0 Å². The molecule has 3 aromatic carbocycles. The van der Waals surface area contributed by atoms with Gasteiger partial charge < -0.3 is 10.2 Å². The maximum absolute atomic E-state index is 13.9. The van der Waals surface area contributed by atoms with Crippen molar-refractivity contribution in [2.24, 2.45) is 0 Å². The van der Waals surface area contributed by atoms with Gasteiger partial charge in [-0.2, -0.15) is 0 Å². The number of benzene rings is 3. The molecule has 158 valence electrons. The van der Waals surface area contributed by atoms with Crippen LogP contribution in [-0.4, -0.2) is 26.8 Å². The summed E-state index contributed by atoms with van der Waals surface area (Å²) in [5, 5.41) is 1.37. The number of amides is 2. The zero-order chi connectivity index (χ0) is 22.0. The number of carbonyl (C=O) groups excluding carboxylic acids is 2. The molecule has 1 atom stereocenters. The normalized spacial score (nSPS) is 17.5. The van der Waals surface area contributed by atoms with E-state index in [1.165, 1.54) is 30.3 Å². The Kier molecular flexibility index (Phi) is 5.56. The van der Waals surface area contributed by atoms with Gasteiger partial charge in [-0.3, -0.25) is 9.59 Å². The van der Waals surface area contributed by atoms with Crippen LogP contribution < -0.4 is 10.2 Å². The Morgan fingerprint density at radius 2 is 1.61 bits per heavy atom. The van der Waals surface area contributed by atoms with E-state index in [1.807, 2.05) is 0 Å². The minimum absolute atomic E-state index is 0.0159. The number of halogens is 1. The van der Waals surface area contributed by atoms with E-state index < -0.39 is 39.3 Å². The predicted molar refractivity (Wildman–Crippen MR) is 115 cm³/mol. The molecule has 0 aliphatic carbocycles. The first kappa shape index (κ1) is 20.7. The van der Waals surface area contributed by atoms with Crippen LogP contribution in [0, 0.1) is 5.82 Å². The fourth-order valence-corrected chi connectivity index (χ4v) is 5.54. The molecule has 6 nitrogen and oxygen atoms in total. The summed E-state index contributed by atoms with van der Waals surface area (Å²) in [6.07, 6.45) is -0.312. The number of para-hydroxylation sites is 2. The predicted octanol–water partition coefficient (Wildman–Crippen LogP) is 3.72. The number of nitrogens with zero attached hydrogens (tertiary/aromatic N) is 1. The largest absolute Gasteiger partial charge is 0.322 e. The van der Waals surface area contributed by atoms with Gasteiger partial charge in [0.15, 0.2) is 9.84 Å². The van der Waals surface area contributed by atoms with Crippen molar-refractivity contribution in [1.29, 1.82) is 0 Å². The van der Waals surface area contributed by atoms with Gasteiger partial charge in [-0.25, -0.2) is 12.8 Å². The Morgan fingerprint density at radius 1 is 0.968 bits per heavy atom. The van der Waals surface area contributed by atoms with Gasteiger partial charge in [0.1, 0.15) is 12.4 Å². The van der Waals surface area contributed by atoms with Crippen molar-refractivity contribution in [3.05, 3.63) is 90.2 Å². The summed E-state index contributed by atoms with van der Waals surface area (Å²) in [6.45, 7) is -0.443. The number of fused-ring (bicyclic) bond motifs is 1. The van der Waals surface area contributed by atoms with Crippen molar-refractivity contribution in [1.82, 2.24) is 0 Å². The van der Waals surface area contributed by atoms with E-state index in [0.29, 0.717) is 5.56 Å². The average Bonchev–Trinajstić information content (AvgIpc) is 2.85. The highest BCUT2D eigenvalue weighted by molar-refractivity contribution is 7.92. The van der Waals surface area contributed by atoms with Crippen LogP contribution in [0.1, 0.15) is 17.2 Å². The van der Waals surface area contributed by atoms with Crippen LogP contribution in [-0.2, 0) is 19.4 Å². The Morgan fingerprint density at radius 3 is 2.35 bits per heavy atom. The second kappa shape index (κ2) is 8.31. The number of anilines is 2. The molecular weight excluding hydrogens is 419 g/mol. The van der Waals surface area contributed by atoms with Gasteiger partial charge >= 0.3 is 0 Å². The molecule has 0 spiro atoms. The summed E-state index contributed by atoms with van der Waals surface area (Å²) < 4.78 is 40.7. The van der Waals surface area contributed by atoms with E-state index in [2.05, 4.69) is 5.32 Å². The topological polar surface area (TPSA) is 83.6 Å². The first-order valence-corrected chi connectivity index (χ1v) is 11.1. The number of carbonyl (C=O) groups is 2. The van der Waals surface area contributed by atoms with Crippen molar-refractivity contribution in [3.8, 4) is 0 Å². The third kappa shape index (κ3) is 4.06. The minimum Gasteiger partial charge on any atom is -0.322 e. The summed E-state index contributed by atoms with van der Waals surface area (Å²) in [5.74, 6) is -1.75. The molecule has 1 N–H and O–H groups in total. The van der Waals surface area contributed by atoms with Crippen molar-refractivity contribution in [3.63, 3.8) is 0 Å². The molecule has 1 aliphatic heterocycles. The number of hydrogen-bond donors (Lipinski definition) is 1. The van der Waals surface area contributed by atoms with Crippen LogP contribution in [0.4, 0.5) is 15.8 Å². The van der Waals surface area contributed by atoms with E-state index in [4.69, 9.17) is 0 Å². The van der Waals surface area contributed by atoms with Gasteiger partial charge in [-0.1, -0.05) is 54.6 Å². The maximum atomic E-state index is 13.9. The molecule has 0 saturated heterocycles. The lowest BCUT2D eigenvalue weighted by atomic mass is 10.1. The molecule has 0 aromatic heterocycles. The van der Waals surface area contributed by atoms with Crippen molar-refractivity contribution < 1.29 is 22.4 Å². The molecule has 8 heteroatoms. The van der Waals surface area contributed by atoms with Gasteiger partial charge in [-0.05, 0) is 29.8 Å². The Labute approximate surface area is 179 Å². The fraction of sp³-hybridized carbons (Fsp3) is 0.130. The summed E-state index contributed by atoms with van der Waals surface area (Å²) in [5.41, 5.74) is 0.621. The highest BCUT2D eigenvalue weighted by atomic mass is 32.2. The molecule has 1 aliphatic rings. The molecule has 4 rings (SSSR count). The highest BCUT2D eigenvalue weighted by Crippen LogP contribution is 2.40. The van der Waals surface area contributed by atoms with Gasteiger partial charge in [0, 0.05) is 6.42 Å². The second-order valence-corrected chi connectivity index (χ2v) is 9.22. The number of nitrogens with one attached hydrogen (secondary N) is 1. The van der Waals surface area contributed by atoms with Crippen molar-refractivity contribution in [2.45, 2.75) is 16.6 Å². The standard InChI is InChI=1S/C23H19FN2O4S/c24-17-10-4-5-11-18(17)25-22(27)15-26-19-12-6-7-13-20(19)31(29,30)21(14-23(26)28)16-8-2-1-3-9-16/h1-13,21H,14-15H2,(H,25,27)/t21-/m1/s1. The molecule has 0 saturated carbocycles. The quantitative estimate of drug-likeness (QED) is 0.673. The number of hydrogen-bond acceptors (Lipinski definition) is 4. The van der Waals surface area contributed by atoms with Gasteiger partial charge in [0.2, 0.25) is 11.8 Å². The SMILES string of the molecule is O=C(CN1C(=O)C[C@H](c2ccccc2)S(=O)(=O)c2ccccc21)Nc1ccccc1F. The highest BCUT2D eigenvalue weighted by Gasteiger charge is 2.39. The van der Waals surface area contributed by atoms with E-state index in [-0.39, 0.29) is 22.7 Å². The average molecular weight is 438 g/mol. The van der Waals surface area contributed by atoms with E-state index in [9.17, 15) is 22.4 Å². The third-order valence-electron chi connectivity index (χ3n) is 5.12. The minimum atomic E-state index is -3.89. The summed E-state index contributed by atoms with van der Waals surface area (Å²) in [4.78, 5) is 26.8. The molecule has 3 aromatic rings. The molecule has 1 heterocycles. The van der Waals surface area contributed by atoms with E-state index in [1.54, 1.807) is 48.5 Å². The Balaban J connectivity index is 1.71. The number of sulfone groups is 1. The van der Waals surface area contributed by atoms with Crippen LogP contribution in [0.2, 0.25) is 0 Å². The summed E-state index contributed by atoms with van der Waals surface area (Å²) in [6, 6.07) is 20.3. The Hall–Kier alpha value is -3.52. The molecule has 0 unspecified atom stereocenters. The molecule has 0 bridgehead atoms. The second-order valence-electron chi connectivity index (χ2n) is 7.12. The lowest BCUT2D eigenvalue weighted by molar-refractivity contribution is -0.121. The number of rotatable bonds is 4. The first-order valence-electron chi connectivity index (χ1n) is 9.60. The van der Waals surface area contributed by atoms with Crippen LogP contribution in [0.3, 0.4) is 0 Å². The molecule has 0 fully saturated rings. The zero-order valence-electron chi connectivity index (χ0n) is 16.4. The van der Waals surface area contributed by atoms with Crippen molar-refractivity contribution >= 4 is 33.0 Å². The maximum Gasteiger partial charge on any atom is 0.244 e. The van der Waals surface area contributed by atoms with Crippen LogP contribution in [0.5, 0.6) is 0 Å². The van der Waals surface area contributed by atoms with E-state index >= 15 is 0 Å². The monoisotopic (exact) mass is 438 g/mol. The van der Waals surface area contributed by atoms with Gasteiger partial charge in [0.25, 0.3) is 0 Å². The molecule has 31 heavy (non-hydrogen) atoms. The molecule has 2 amide bonds. The smallest absolute Gasteiger partial charge is 0.244 e. The van der Waals surface area contributed by atoms with Crippen LogP contribution >= 0.6 is 0 Å². The first-order chi connectivity index (χ1) is 14.9. The van der Waals surface area contributed by atoms with Crippen molar-refractivity contribution in [2.75, 3.05) is 16.8 Å². The lowest BCUT2D eigenvalue weighted by Crippen LogP contribution is -2.38. The third-order valence-corrected chi connectivity index (χ3v) is 7.27. The zero-order valence-corrected chi connectivity index (χ0v) is 17.2. The summed E-state index contributed by atoms with van der Waals surface area (Å²) >= 11 is 0. The van der Waals surface area contributed by atoms with E-state index in [0.717, 1.165) is 4.90 Å². The molecular formula is C23H19FN2O4S. The molecule has 0 radical (unpaired) electrons. The van der Waals surface area contributed by atoms with Gasteiger partial charge in [0.05, 0.1) is 21.5 Å². The van der Waals surface area contributed by atoms with Crippen LogP contribution in [0.25, 0.3) is 0 Å².